The minimum atomic E-state index is -2.30. The van der Waals surface area contributed by atoms with Crippen molar-refractivity contribution >= 4 is 23.9 Å². The first-order chi connectivity index (χ1) is 42.1. The van der Waals surface area contributed by atoms with E-state index in [-0.39, 0.29) is 0 Å². The molecule has 21 heterocycles. The molecule has 21 saturated heterocycles. The summed E-state index contributed by atoms with van der Waals surface area (Å²) < 4.78 is 102. The predicted octanol–water partition coefficient (Wildman–Crippen LogP) is -12.9. The van der Waals surface area contributed by atoms with E-state index in [0.29, 0.717) is 0 Å². The largest absolute Gasteiger partial charge is 0.463 e. The fourth-order valence-corrected chi connectivity index (χ4v) is 11.2. The predicted molar refractivity (Wildman–Crippen MR) is 267 cm³/mol. The van der Waals surface area contributed by atoms with Gasteiger partial charge < -0.3 is 172 Å². The van der Waals surface area contributed by atoms with Crippen molar-refractivity contribution in [3.05, 3.63) is 0 Å². The van der Waals surface area contributed by atoms with Crippen molar-refractivity contribution in [2.75, 3.05) is 46.2 Å². The van der Waals surface area contributed by atoms with Gasteiger partial charge in [0.15, 0.2) is 44.0 Å². The van der Waals surface area contributed by atoms with E-state index in [2.05, 4.69) is 0 Å². The average Bonchev–Trinajstić information content (AvgIpc) is 0.966. The van der Waals surface area contributed by atoms with Crippen molar-refractivity contribution in [3.8, 4) is 0 Å². The van der Waals surface area contributed by atoms with Crippen LogP contribution in [0.4, 0.5) is 0 Å². The fraction of sp³-hybridized carbons (Fsp3) is 0.920. The van der Waals surface area contributed by atoms with Crippen molar-refractivity contribution in [1.82, 2.24) is 0 Å². The van der Waals surface area contributed by atoms with Crippen molar-refractivity contribution in [3.63, 3.8) is 0 Å². The third-order valence-corrected chi connectivity index (χ3v) is 15.9. The Labute approximate surface area is 503 Å². The van der Waals surface area contributed by atoms with Crippen LogP contribution in [0.5, 0.6) is 0 Å². The third kappa shape index (κ3) is 15.9. The van der Waals surface area contributed by atoms with Gasteiger partial charge in [-0.2, -0.15) is 0 Å². The number of carbonyl (C=O) groups excluding carboxylic acids is 4. The molecule has 0 radical (unpaired) electrons. The van der Waals surface area contributed by atoms with Gasteiger partial charge in [-0.05, 0) is 0 Å². The molecule has 39 nitrogen and oxygen atoms in total. The van der Waals surface area contributed by atoms with Gasteiger partial charge in [-0.15, -0.1) is 0 Å². The molecule has 512 valence electrons. The molecule has 35 atom stereocenters. The van der Waals surface area contributed by atoms with E-state index in [9.17, 15) is 106 Å². The highest BCUT2D eigenvalue weighted by molar-refractivity contribution is 5.66. The minimum Gasteiger partial charge on any atom is -0.463 e. The molecular formula is C50H78O39. The lowest BCUT2D eigenvalue weighted by molar-refractivity contribution is -0.396. The van der Waals surface area contributed by atoms with Crippen LogP contribution in [0.15, 0.2) is 0 Å². The Bertz CT molecular complexity index is 2270. The molecule has 0 amide bonds. The molecule has 0 spiro atoms. The number of esters is 4. The van der Waals surface area contributed by atoms with Crippen molar-refractivity contribution in [1.29, 1.82) is 0 Å². The number of aliphatic hydroxyl groups excluding tert-OH is 17. The van der Waals surface area contributed by atoms with E-state index in [0.717, 1.165) is 27.7 Å². The second-order valence-electron chi connectivity index (χ2n) is 22.1. The van der Waals surface area contributed by atoms with Gasteiger partial charge >= 0.3 is 23.9 Å². The first-order valence-electron chi connectivity index (χ1n) is 28.1. The maximum Gasteiger partial charge on any atom is 0.302 e. The molecule has 0 aromatic carbocycles. The summed E-state index contributed by atoms with van der Waals surface area (Å²) in [5.74, 6) is -3.76. The molecule has 21 rings (SSSR count). The molecular weight excluding hydrogens is 1220 g/mol. The smallest absolute Gasteiger partial charge is 0.302 e. The first kappa shape index (κ1) is 71.5. The van der Waals surface area contributed by atoms with Crippen LogP contribution >= 0.6 is 0 Å². The van der Waals surface area contributed by atoms with Gasteiger partial charge in [-0.25, -0.2) is 0 Å². The molecule has 0 aromatic rings. The van der Waals surface area contributed by atoms with Gasteiger partial charge in [0, 0.05) is 27.7 Å². The number of aliphatic hydroxyl groups is 17. The maximum atomic E-state index is 12.1. The first-order valence-corrected chi connectivity index (χ1v) is 28.1. The van der Waals surface area contributed by atoms with Gasteiger partial charge in [-0.1, -0.05) is 0 Å². The van der Waals surface area contributed by atoms with E-state index in [1.807, 2.05) is 0 Å². The summed E-state index contributed by atoms with van der Waals surface area (Å²) >= 11 is 0. The molecule has 0 aliphatic carbocycles. The highest BCUT2D eigenvalue weighted by atomic mass is 16.8. The lowest BCUT2D eigenvalue weighted by atomic mass is 9.95. The zero-order valence-electron chi connectivity index (χ0n) is 47.7. The van der Waals surface area contributed by atoms with E-state index in [1.54, 1.807) is 0 Å². The summed E-state index contributed by atoms with van der Waals surface area (Å²) in [6.07, 6.45) is -72.9. The molecule has 21 fully saturated rings. The van der Waals surface area contributed by atoms with Crippen LogP contribution in [0, 0.1) is 0 Å². The quantitative estimate of drug-likeness (QED) is 0.0675. The SMILES string of the molecule is CC(=O)OC[C@H]1O[C@@H]2O[C@H]3[C@H](O)[C@@H](O)[C@@H](O[C@H]4[C@H](O)[C@@H](O)[C@@H](O[C@H]5[C@H](O)[C@@H](O)[C@@H](O[C@H]6[C@H](O)[C@@H](O)[C@@H](O[C@H]7[C@H](O)[C@@H](O)[C@@H](O[C@H]8[C@H](O)[C@@H](O)[C@@H](O[C@H]1[C@H](O)[C@H]2O)O[C@@H]8CO)O[C@@H]7COC(C)=O)O[C@@H]6COC(C)=O)O[C@@H]5CO)O[C@@H]4CO)O[C@@H]3COC(C)=O. The summed E-state index contributed by atoms with van der Waals surface area (Å²) in [6, 6.07) is 0. The lowest BCUT2D eigenvalue weighted by Crippen LogP contribution is -2.68. The average molecular weight is 1300 g/mol. The third-order valence-electron chi connectivity index (χ3n) is 15.9. The highest BCUT2D eigenvalue weighted by Crippen LogP contribution is 2.39. The molecule has 21 aliphatic heterocycles. The molecule has 39 heteroatoms. The van der Waals surface area contributed by atoms with Crippen molar-refractivity contribution in [2.24, 2.45) is 0 Å². The van der Waals surface area contributed by atoms with Gasteiger partial charge in [-0.3, -0.25) is 19.2 Å². The Balaban J connectivity index is 1.14. The van der Waals surface area contributed by atoms with Gasteiger partial charge in [0.2, 0.25) is 0 Å². The second kappa shape index (κ2) is 30.8. The molecule has 21 aliphatic rings. The number of hydrogen-bond donors (Lipinski definition) is 17. The minimum absolute atomic E-state index is 0.850. The zero-order valence-corrected chi connectivity index (χ0v) is 47.7. The zero-order chi connectivity index (χ0) is 65.2. The van der Waals surface area contributed by atoms with Gasteiger partial charge in [0.05, 0.1) is 19.8 Å². The van der Waals surface area contributed by atoms with Crippen molar-refractivity contribution in [2.45, 2.75) is 243 Å². The molecule has 89 heavy (non-hydrogen) atoms. The van der Waals surface area contributed by atoms with Crippen LogP contribution in [0.25, 0.3) is 0 Å². The second-order valence-corrected chi connectivity index (χ2v) is 22.1. The molecule has 14 bridgehead atoms. The maximum absolute atomic E-state index is 12.1. The van der Waals surface area contributed by atoms with E-state index in [1.165, 1.54) is 0 Å². The Morgan fingerprint density at radius 3 is 0.506 bits per heavy atom. The van der Waals surface area contributed by atoms with Crippen LogP contribution in [0.3, 0.4) is 0 Å². The normalized spacial score (nSPS) is 49.2. The summed E-state index contributed by atoms with van der Waals surface area (Å²) in [5, 5.41) is 194. The van der Waals surface area contributed by atoms with Crippen LogP contribution < -0.4 is 0 Å². The number of hydrogen-bond acceptors (Lipinski definition) is 39. The summed E-state index contributed by atoms with van der Waals surface area (Å²) in [4.78, 5) is 48.5. The van der Waals surface area contributed by atoms with Crippen molar-refractivity contribution < 1.29 is 191 Å². The number of rotatable bonds is 11. The topological polar surface area (TPSA) is 578 Å². The Hall–Kier alpha value is -3.36. The van der Waals surface area contributed by atoms with E-state index >= 15 is 0 Å². The monoisotopic (exact) mass is 1300 g/mol. The molecule has 0 unspecified atom stereocenters. The van der Waals surface area contributed by atoms with Crippen LogP contribution in [-0.4, -0.2) is 372 Å². The number of ether oxygens (including phenoxy) is 18. The van der Waals surface area contributed by atoms with Crippen LogP contribution in [-0.2, 0) is 104 Å². The molecule has 0 aromatic heterocycles. The summed E-state index contributed by atoms with van der Waals surface area (Å²) in [5.41, 5.74) is 0. The van der Waals surface area contributed by atoms with E-state index in [4.69, 9.17) is 85.3 Å². The fourth-order valence-electron chi connectivity index (χ4n) is 11.2. The highest BCUT2D eigenvalue weighted by Gasteiger charge is 2.60. The molecule has 17 N–H and O–H groups in total. The van der Waals surface area contributed by atoms with Gasteiger partial charge in [0.25, 0.3) is 0 Å². The Kier molecular flexibility index (Phi) is 24.7. The standard InChI is InChI=1S/C50H78O39/c1-12(54)72-8-19-40-28(63)35(70)49(81-19)89-43-22(11-75-15(4)57)80-48(34(69)27(43)62)85-39-18(7-53)78-46(32(67)25(39)60)87-41-20(9-73-13(2)55)82-50(36(71)29(41)64)88-42-21(10-74-14(3)56)79-47(33(68)26(42)61)84-38-17(6-52)76-44(30(65)23(38)58)83-37-16(5-51)77-45(86-40)31(66)24(37)59/h16-53,58-71H,5-11H2,1-4H3/t16-,17-,18-,19-,20-,21-,22-,23-,24-,25-,26-,27-,28-,29-,30-,31-,32-,33-,34-,35-,36-,37-,38-,39-,40-,41-,42-,43-,44-,45-,46-,47-,48-,49-,50-/m1/s1. The Morgan fingerprint density at radius 2 is 0.371 bits per heavy atom. The lowest BCUT2D eigenvalue weighted by Gasteiger charge is -2.50. The number of carbonyl (C=O) groups is 4. The van der Waals surface area contributed by atoms with Crippen LogP contribution in [0.1, 0.15) is 27.7 Å². The van der Waals surface area contributed by atoms with Crippen LogP contribution in [0.2, 0.25) is 0 Å². The Morgan fingerprint density at radius 1 is 0.236 bits per heavy atom. The molecule has 0 saturated carbocycles. The summed E-state index contributed by atoms with van der Waals surface area (Å²) in [7, 11) is 0. The van der Waals surface area contributed by atoms with E-state index < -0.39 is 285 Å². The summed E-state index contributed by atoms with van der Waals surface area (Å²) in [6.45, 7) is -2.84. The van der Waals surface area contributed by atoms with Gasteiger partial charge in [0.1, 0.15) is 197 Å².